The van der Waals surface area contributed by atoms with Crippen molar-refractivity contribution in [2.24, 2.45) is 0 Å². The Balaban J connectivity index is 1.44. The van der Waals surface area contributed by atoms with Gasteiger partial charge in [-0.3, -0.25) is 9.78 Å². The molecule has 45 heavy (non-hydrogen) atoms. The van der Waals surface area contributed by atoms with Gasteiger partial charge >= 0.3 is 12.3 Å². The number of nitriles is 1. The average Bonchev–Trinajstić information content (AvgIpc) is 3.56. The number of alkyl halides is 3. The van der Waals surface area contributed by atoms with E-state index in [9.17, 15) is 36.4 Å². The van der Waals surface area contributed by atoms with E-state index in [1.54, 1.807) is 0 Å². The fraction of sp³-hybridized carbons (Fsp3) is 0.481. The molecule has 3 atom stereocenters. The first kappa shape index (κ1) is 33.2. The van der Waals surface area contributed by atoms with Gasteiger partial charge in [-0.15, -0.1) is 0 Å². The van der Waals surface area contributed by atoms with Gasteiger partial charge in [-0.05, 0) is 53.9 Å². The molecule has 3 heterocycles. The first-order valence-electron chi connectivity index (χ1n) is 13.5. The first-order valence-corrected chi connectivity index (χ1v) is 16.2. The van der Waals surface area contributed by atoms with Crippen LogP contribution in [0.2, 0.25) is 5.02 Å². The lowest BCUT2D eigenvalue weighted by atomic mass is 9.76. The summed E-state index contributed by atoms with van der Waals surface area (Å²) in [5.74, 6) is -1.85. The second kappa shape index (κ2) is 11.9. The molecule has 2 saturated heterocycles. The molecular weight excluding hydrogens is 714 g/mol. The van der Waals surface area contributed by atoms with Crippen molar-refractivity contribution in [3.05, 3.63) is 51.5 Å². The lowest BCUT2D eigenvalue weighted by Crippen LogP contribution is -2.66. The van der Waals surface area contributed by atoms with E-state index in [2.05, 4.69) is 31.5 Å². The van der Waals surface area contributed by atoms with E-state index in [1.165, 1.54) is 6.20 Å². The average molecular weight is 739 g/mol. The maximum Gasteiger partial charge on any atom is 0.425 e. The van der Waals surface area contributed by atoms with Crippen LogP contribution in [0.3, 0.4) is 0 Å². The van der Waals surface area contributed by atoms with Crippen molar-refractivity contribution in [2.75, 3.05) is 19.6 Å². The molecule has 3 fully saturated rings. The Hall–Kier alpha value is -3.20. The number of alkyl carbamates (subject to hydrolysis) is 1. The normalized spacial score (nSPS) is 22.5. The Labute approximate surface area is 268 Å². The number of carbonyl (C=O) groups excluding carboxylic acids is 2. The first-order chi connectivity index (χ1) is 21.0. The van der Waals surface area contributed by atoms with Crippen molar-refractivity contribution < 1.29 is 45.0 Å². The van der Waals surface area contributed by atoms with E-state index in [1.807, 2.05) is 6.07 Å². The predicted octanol–water partition coefficient (Wildman–Crippen LogP) is 3.99. The van der Waals surface area contributed by atoms with E-state index in [-0.39, 0.29) is 24.5 Å². The topological polar surface area (TPSA) is 151 Å². The number of carbonyl (C=O) groups is 2. The molecule has 242 valence electrons. The number of nitrogens with zero attached hydrogens (tertiary/aromatic N) is 3. The molecule has 1 aromatic carbocycles. The fourth-order valence-electron chi connectivity index (χ4n) is 5.12. The van der Waals surface area contributed by atoms with E-state index in [4.69, 9.17) is 21.1 Å². The van der Waals surface area contributed by atoms with Crippen molar-refractivity contribution in [3.8, 4) is 11.8 Å². The Bertz CT molecular complexity index is 1680. The number of hydrogen-bond donors (Lipinski definition) is 2. The number of amides is 2. The molecule has 5 rings (SSSR count). The zero-order valence-electron chi connectivity index (χ0n) is 23.3. The molecule has 2 N–H and O–H groups in total. The molecule has 11 nitrogen and oxygen atoms in total. The Morgan fingerprint density at radius 2 is 1.98 bits per heavy atom. The Morgan fingerprint density at radius 3 is 2.51 bits per heavy atom. The number of pyridine rings is 1. The molecule has 3 aliphatic rings. The number of halogens is 6. The van der Waals surface area contributed by atoms with Crippen molar-refractivity contribution in [1.82, 2.24) is 20.5 Å². The molecule has 0 spiro atoms. The van der Waals surface area contributed by atoms with Gasteiger partial charge < -0.3 is 25.0 Å². The smallest absolute Gasteiger partial charge is 0.425 e. The number of ether oxygens (including phenoxy) is 2. The summed E-state index contributed by atoms with van der Waals surface area (Å²) in [6.45, 7) is 0.208. The molecule has 1 aromatic heterocycles. The van der Waals surface area contributed by atoms with Crippen LogP contribution in [0.15, 0.2) is 39.8 Å². The van der Waals surface area contributed by atoms with Crippen molar-refractivity contribution in [2.45, 2.75) is 65.8 Å². The van der Waals surface area contributed by atoms with Crippen LogP contribution in [0.4, 0.5) is 22.4 Å². The van der Waals surface area contributed by atoms with Crippen molar-refractivity contribution in [1.29, 1.82) is 5.26 Å². The third-order valence-corrected chi connectivity index (χ3v) is 11.0. The fourth-order valence-corrected chi connectivity index (χ4v) is 7.64. The summed E-state index contributed by atoms with van der Waals surface area (Å²) in [7, 11) is -4.40. The summed E-state index contributed by atoms with van der Waals surface area (Å²) in [5.41, 5.74) is -2.85. The zero-order chi connectivity index (χ0) is 32.9. The summed E-state index contributed by atoms with van der Waals surface area (Å²) < 4.78 is 92.1. The van der Waals surface area contributed by atoms with Crippen LogP contribution in [-0.2, 0) is 24.8 Å². The lowest BCUT2D eigenvalue weighted by Gasteiger charge is -2.43. The van der Waals surface area contributed by atoms with Crippen LogP contribution in [0.1, 0.15) is 31.9 Å². The number of nitrogens with one attached hydrogen (secondary N) is 2. The third kappa shape index (κ3) is 6.42. The molecule has 1 aliphatic carbocycles. The Kier molecular flexibility index (Phi) is 8.75. The highest BCUT2D eigenvalue weighted by Gasteiger charge is 2.56. The van der Waals surface area contributed by atoms with Gasteiger partial charge in [-0.2, -0.15) is 18.4 Å². The Morgan fingerprint density at radius 1 is 1.29 bits per heavy atom. The number of sulfone groups is 1. The molecule has 2 aromatic rings. The van der Waals surface area contributed by atoms with Crippen molar-refractivity contribution in [3.63, 3.8) is 0 Å². The number of hydrogen-bond acceptors (Lipinski definition) is 9. The quantitative estimate of drug-likeness (QED) is 0.384. The molecule has 2 aliphatic heterocycles. The number of rotatable bonds is 8. The minimum absolute atomic E-state index is 0.0363. The van der Waals surface area contributed by atoms with E-state index in [0.29, 0.717) is 17.3 Å². The van der Waals surface area contributed by atoms with Gasteiger partial charge in [0.1, 0.15) is 22.5 Å². The van der Waals surface area contributed by atoms with Gasteiger partial charge in [0.2, 0.25) is 5.91 Å². The number of aromatic nitrogens is 1. The molecule has 0 unspecified atom stereocenters. The van der Waals surface area contributed by atoms with E-state index < -0.39 is 85.3 Å². The van der Waals surface area contributed by atoms with Gasteiger partial charge in [0, 0.05) is 42.8 Å². The second-order valence-corrected chi connectivity index (χ2v) is 14.6. The summed E-state index contributed by atoms with van der Waals surface area (Å²) in [6, 6.07) is 6.05. The molecule has 18 heteroatoms. The van der Waals surface area contributed by atoms with Gasteiger partial charge in [0.15, 0.2) is 22.2 Å². The maximum absolute atomic E-state index is 15.1. The van der Waals surface area contributed by atoms with Gasteiger partial charge in [-0.25, -0.2) is 17.6 Å². The second-order valence-electron chi connectivity index (χ2n) is 11.1. The van der Waals surface area contributed by atoms with Crippen molar-refractivity contribution >= 4 is 49.4 Å². The summed E-state index contributed by atoms with van der Waals surface area (Å²) in [4.78, 5) is 31.6. The van der Waals surface area contributed by atoms with Crippen LogP contribution in [0, 0.1) is 17.1 Å². The number of likely N-dealkylation sites (tertiary alicyclic amines) is 1. The monoisotopic (exact) mass is 737 g/mol. The zero-order valence-corrected chi connectivity index (χ0v) is 26.5. The molecule has 0 radical (unpaired) electrons. The van der Waals surface area contributed by atoms with Crippen LogP contribution in [0.25, 0.3) is 0 Å². The highest BCUT2D eigenvalue weighted by Crippen LogP contribution is 2.40. The van der Waals surface area contributed by atoms with Crippen LogP contribution in [0.5, 0.6) is 5.75 Å². The van der Waals surface area contributed by atoms with Gasteiger partial charge in [0.25, 0.3) is 0 Å². The predicted molar refractivity (Wildman–Crippen MR) is 152 cm³/mol. The lowest BCUT2D eigenvalue weighted by molar-refractivity contribution is -0.189. The van der Waals surface area contributed by atoms with Crippen LogP contribution in [-0.4, -0.2) is 79.2 Å². The molecular formula is C27H25BrClF4N5O6S. The minimum Gasteiger partial charge on any atom is -0.481 e. The maximum atomic E-state index is 15.1. The van der Waals surface area contributed by atoms with Gasteiger partial charge in [0.05, 0.1) is 26.9 Å². The summed E-state index contributed by atoms with van der Waals surface area (Å²) in [6.07, 6.45) is -7.71. The molecule has 1 saturated carbocycles. The highest BCUT2D eigenvalue weighted by atomic mass is 79.9. The highest BCUT2D eigenvalue weighted by molar-refractivity contribution is 9.10. The van der Waals surface area contributed by atoms with Gasteiger partial charge in [-0.1, -0.05) is 11.6 Å². The molecule has 2 amide bonds. The SMILES string of the molecule is C[C@H](Oc1ccc(S(=O)(=O)[C@@H]2C[C@H](OC(=O)NC3(C#N)CC3)N(C(=O)C3(c4ncc(Br)cc4F)CNC3)C2)c(Cl)c1)C(F)(F)F. The van der Waals surface area contributed by atoms with Crippen LogP contribution >= 0.6 is 27.5 Å². The third-order valence-electron chi connectivity index (χ3n) is 7.97. The number of benzene rings is 1. The van der Waals surface area contributed by atoms with Crippen LogP contribution < -0.4 is 15.4 Å². The van der Waals surface area contributed by atoms with E-state index >= 15 is 4.39 Å². The standard InChI is InChI=1S/C27H25BrClF4N5O6S/c1-14(27(31,32)33)43-16-2-3-20(18(29)7-16)45(41,42)17-8-21(44-24(40)37-25(11-34)4-5-25)38(10-17)23(39)26(12-35-13-26)22-19(30)6-15(28)9-36-22/h2-3,6-7,9,14,17,21,35H,4-5,8,10,12-13H2,1H3,(H,37,40)/t14-,17+,21-/m0/s1. The largest absolute Gasteiger partial charge is 0.481 e. The molecule has 0 bridgehead atoms. The minimum atomic E-state index is -4.67. The summed E-state index contributed by atoms with van der Waals surface area (Å²) >= 11 is 9.33. The summed E-state index contributed by atoms with van der Waals surface area (Å²) in [5, 5.41) is 12.9. The van der Waals surface area contributed by atoms with E-state index in [0.717, 1.165) is 36.1 Å².